The molecule has 0 atom stereocenters. The molecular weight excluding hydrogens is 428 g/mol. The third-order valence-electron chi connectivity index (χ3n) is 4.65. The highest BCUT2D eigenvalue weighted by molar-refractivity contribution is 8.18. The van der Waals surface area contributed by atoms with Gasteiger partial charge in [-0.25, -0.2) is 9.79 Å². The number of amidine groups is 1. The number of hydrogen-bond acceptors (Lipinski definition) is 7. The van der Waals surface area contributed by atoms with E-state index in [-0.39, 0.29) is 11.7 Å². The van der Waals surface area contributed by atoms with Crippen LogP contribution in [-0.4, -0.2) is 47.8 Å². The molecule has 1 N–H and O–H groups in total. The number of carbonyl (C=O) groups is 2. The summed E-state index contributed by atoms with van der Waals surface area (Å²) >= 11 is 1.25. The predicted molar refractivity (Wildman–Crippen MR) is 126 cm³/mol. The summed E-state index contributed by atoms with van der Waals surface area (Å²) in [7, 11) is 2.98. The van der Waals surface area contributed by atoms with Gasteiger partial charge in [-0.3, -0.25) is 9.69 Å². The van der Waals surface area contributed by atoms with E-state index < -0.39 is 5.97 Å². The van der Waals surface area contributed by atoms with E-state index in [1.54, 1.807) is 55.6 Å². The average Bonchev–Trinajstić information content (AvgIpc) is 3.04. The Morgan fingerprint density at radius 3 is 2.62 bits per heavy atom. The first kappa shape index (κ1) is 23.1. The molecule has 1 amide bonds. The molecule has 0 aromatic heterocycles. The molecule has 7 nitrogen and oxygen atoms in total. The van der Waals surface area contributed by atoms with Crippen LogP contribution in [-0.2, 0) is 16.0 Å². The van der Waals surface area contributed by atoms with E-state index in [0.29, 0.717) is 45.7 Å². The highest BCUT2D eigenvalue weighted by Crippen LogP contribution is 2.37. The molecule has 32 heavy (non-hydrogen) atoms. The maximum absolute atomic E-state index is 12.8. The SMILES string of the molecule is C=CCc1cc(/C=C2\S/C(=N\c3ccc(C(=O)OC)cc3)N(C)C2=O)cc(OCC)c1O. The Balaban J connectivity index is 1.90. The van der Waals surface area contributed by atoms with Crippen molar-refractivity contribution in [3.8, 4) is 11.5 Å². The van der Waals surface area contributed by atoms with Crippen LogP contribution < -0.4 is 4.74 Å². The number of nitrogens with zero attached hydrogens (tertiary/aromatic N) is 2. The Labute approximate surface area is 191 Å². The van der Waals surface area contributed by atoms with Crippen molar-refractivity contribution in [2.75, 3.05) is 20.8 Å². The number of aromatic hydroxyl groups is 1. The van der Waals surface area contributed by atoms with Crippen LogP contribution >= 0.6 is 11.8 Å². The third-order valence-corrected chi connectivity index (χ3v) is 5.71. The van der Waals surface area contributed by atoms with Crippen LogP contribution in [0.25, 0.3) is 6.08 Å². The Kier molecular flexibility index (Phi) is 7.37. The Bertz CT molecular complexity index is 1110. The van der Waals surface area contributed by atoms with Gasteiger partial charge in [0.25, 0.3) is 5.91 Å². The monoisotopic (exact) mass is 452 g/mol. The maximum atomic E-state index is 12.8. The van der Waals surface area contributed by atoms with Crippen molar-refractivity contribution in [2.45, 2.75) is 13.3 Å². The summed E-state index contributed by atoms with van der Waals surface area (Å²) in [6.07, 6.45) is 3.92. The first-order valence-electron chi connectivity index (χ1n) is 9.92. The van der Waals surface area contributed by atoms with Gasteiger partial charge in [-0.2, -0.15) is 0 Å². The molecule has 8 heteroatoms. The van der Waals surface area contributed by atoms with Gasteiger partial charge < -0.3 is 14.6 Å². The van der Waals surface area contributed by atoms with Gasteiger partial charge >= 0.3 is 5.97 Å². The van der Waals surface area contributed by atoms with Crippen LogP contribution in [0.3, 0.4) is 0 Å². The highest BCUT2D eigenvalue weighted by atomic mass is 32.2. The molecule has 2 aromatic rings. The Hall–Kier alpha value is -3.52. The topological polar surface area (TPSA) is 88.4 Å². The lowest BCUT2D eigenvalue weighted by Gasteiger charge is -2.11. The minimum Gasteiger partial charge on any atom is -0.504 e. The normalized spacial score (nSPS) is 16.0. The van der Waals surface area contributed by atoms with Crippen molar-refractivity contribution >= 4 is 40.6 Å². The molecule has 0 aliphatic carbocycles. The van der Waals surface area contributed by atoms with Gasteiger partial charge in [0.05, 0.1) is 29.9 Å². The summed E-state index contributed by atoms with van der Waals surface area (Å²) in [5.41, 5.74) is 2.43. The number of esters is 1. The number of likely N-dealkylation sites (N-methyl/N-ethyl adjacent to an activating group) is 1. The molecule has 1 saturated heterocycles. The summed E-state index contributed by atoms with van der Waals surface area (Å²) in [5.74, 6) is -0.166. The predicted octanol–water partition coefficient (Wildman–Crippen LogP) is 4.54. The van der Waals surface area contributed by atoms with E-state index in [0.717, 1.165) is 5.56 Å². The summed E-state index contributed by atoms with van der Waals surface area (Å²) in [6.45, 7) is 5.97. The lowest BCUT2D eigenvalue weighted by atomic mass is 10.1. The fourth-order valence-corrected chi connectivity index (χ4v) is 4.04. The van der Waals surface area contributed by atoms with E-state index >= 15 is 0 Å². The van der Waals surface area contributed by atoms with Gasteiger partial charge in [0, 0.05) is 12.6 Å². The van der Waals surface area contributed by atoms with Gasteiger partial charge in [-0.05, 0) is 73.1 Å². The maximum Gasteiger partial charge on any atom is 0.337 e. The molecule has 1 aliphatic rings. The average molecular weight is 453 g/mol. The van der Waals surface area contributed by atoms with Gasteiger partial charge in [-0.1, -0.05) is 6.08 Å². The zero-order chi connectivity index (χ0) is 23.3. The number of thioether (sulfide) groups is 1. The van der Waals surface area contributed by atoms with Gasteiger partial charge in [-0.15, -0.1) is 6.58 Å². The zero-order valence-electron chi connectivity index (χ0n) is 18.1. The molecule has 1 aliphatic heterocycles. The molecule has 0 unspecified atom stereocenters. The Morgan fingerprint density at radius 1 is 1.28 bits per heavy atom. The second kappa shape index (κ2) is 10.2. The van der Waals surface area contributed by atoms with Crippen molar-refractivity contribution in [1.82, 2.24) is 4.90 Å². The summed E-state index contributed by atoms with van der Waals surface area (Å²) in [5, 5.41) is 10.9. The van der Waals surface area contributed by atoms with E-state index in [2.05, 4.69) is 11.6 Å². The van der Waals surface area contributed by atoms with Crippen molar-refractivity contribution in [2.24, 2.45) is 4.99 Å². The number of allylic oxidation sites excluding steroid dienone is 1. The molecule has 1 heterocycles. The zero-order valence-corrected chi connectivity index (χ0v) is 18.9. The molecule has 2 aromatic carbocycles. The fourth-order valence-electron chi connectivity index (χ4n) is 3.05. The third kappa shape index (κ3) is 5.03. The summed E-state index contributed by atoms with van der Waals surface area (Å²) < 4.78 is 10.2. The number of ether oxygens (including phenoxy) is 2. The van der Waals surface area contributed by atoms with Crippen LogP contribution in [0.1, 0.15) is 28.4 Å². The number of hydrogen-bond donors (Lipinski definition) is 1. The number of phenols is 1. The molecule has 166 valence electrons. The standard InChI is InChI=1S/C24H24N2O5S/c1-5-7-17-12-15(13-19(21(17)27)31-6-2)14-20-22(28)26(3)24(32-20)25-18-10-8-16(9-11-18)23(29)30-4/h5,8-14,27H,1,6-7H2,2-4H3/b20-14-,25-24-. The van der Waals surface area contributed by atoms with E-state index in [9.17, 15) is 14.7 Å². The lowest BCUT2D eigenvalue weighted by Crippen LogP contribution is -2.23. The van der Waals surface area contributed by atoms with Crippen LogP contribution in [0.15, 0.2) is 59.0 Å². The molecule has 0 radical (unpaired) electrons. The first-order valence-corrected chi connectivity index (χ1v) is 10.7. The van der Waals surface area contributed by atoms with Crippen molar-refractivity contribution in [3.63, 3.8) is 0 Å². The highest BCUT2D eigenvalue weighted by Gasteiger charge is 2.30. The molecule has 0 saturated carbocycles. The number of phenolic OH excluding ortho intramolecular Hbond substituents is 1. The van der Waals surface area contributed by atoms with Gasteiger partial charge in [0.2, 0.25) is 0 Å². The molecular formula is C24H24N2O5S. The minimum absolute atomic E-state index is 0.0778. The second-order valence-electron chi connectivity index (χ2n) is 6.86. The Morgan fingerprint density at radius 2 is 2.00 bits per heavy atom. The number of benzene rings is 2. The molecule has 1 fully saturated rings. The number of methoxy groups -OCH3 is 1. The first-order chi connectivity index (χ1) is 15.4. The van der Waals surface area contributed by atoms with Crippen molar-refractivity contribution < 1.29 is 24.2 Å². The van der Waals surface area contributed by atoms with E-state index in [1.165, 1.54) is 23.8 Å². The second-order valence-corrected chi connectivity index (χ2v) is 7.87. The van der Waals surface area contributed by atoms with Crippen molar-refractivity contribution in [3.05, 3.63) is 70.6 Å². The molecule has 0 spiro atoms. The van der Waals surface area contributed by atoms with Crippen molar-refractivity contribution in [1.29, 1.82) is 0 Å². The van der Waals surface area contributed by atoms with Gasteiger partial charge in [0.1, 0.15) is 0 Å². The number of rotatable bonds is 7. The largest absolute Gasteiger partial charge is 0.504 e. The van der Waals surface area contributed by atoms with Crippen LogP contribution in [0, 0.1) is 0 Å². The van der Waals surface area contributed by atoms with Crippen LogP contribution in [0.5, 0.6) is 11.5 Å². The number of carbonyl (C=O) groups excluding carboxylic acids is 2. The smallest absolute Gasteiger partial charge is 0.337 e. The lowest BCUT2D eigenvalue weighted by molar-refractivity contribution is -0.121. The van der Waals surface area contributed by atoms with Crippen LogP contribution in [0.4, 0.5) is 5.69 Å². The summed E-state index contributed by atoms with van der Waals surface area (Å²) in [6, 6.07) is 10.1. The number of aliphatic imine (C=N–C) groups is 1. The van der Waals surface area contributed by atoms with Crippen LogP contribution in [0.2, 0.25) is 0 Å². The molecule has 0 bridgehead atoms. The summed E-state index contributed by atoms with van der Waals surface area (Å²) in [4.78, 5) is 30.9. The fraction of sp³-hybridized carbons (Fsp3) is 0.208. The van der Waals surface area contributed by atoms with E-state index in [1.807, 2.05) is 6.92 Å². The van der Waals surface area contributed by atoms with E-state index in [4.69, 9.17) is 9.47 Å². The molecule has 3 rings (SSSR count). The quantitative estimate of drug-likeness (QED) is 0.377. The minimum atomic E-state index is -0.423. The van der Waals surface area contributed by atoms with Gasteiger partial charge in [0.15, 0.2) is 16.7 Å². The number of amides is 1.